The lowest BCUT2D eigenvalue weighted by Gasteiger charge is -2.25. The molecule has 5 heteroatoms. The van der Waals surface area contributed by atoms with Gasteiger partial charge in [0.15, 0.2) is 0 Å². The maximum absolute atomic E-state index is 11.7. The Hall–Kier alpha value is -1.59. The number of nitrogens with zero attached hydrogens (tertiary/aromatic N) is 1. The number of likely N-dealkylation sites (N-methyl/N-ethyl adjacent to an activating group) is 1. The molecule has 0 aromatic heterocycles. The number of ether oxygens (including phenoxy) is 1. The zero-order chi connectivity index (χ0) is 15.7. The van der Waals surface area contributed by atoms with E-state index in [4.69, 9.17) is 4.74 Å². The summed E-state index contributed by atoms with van der Waals surface area (Å²) < 4.78 is 4.94. The molecule has 0 aliphatic rings. The maximum Gasteiger partial charge on any atom is 0.314 e. The topological polar surface area (TPSA) is 53.6 Å². The van der Waals surface area contributed by atoms with Crippen LogP contribution in [0.1, 0.15) is 23.6 Å². The second-order valence-corrected chi connectivity index (χ2v) is 5.37. The summed E-state index contributed by atoms with van der Waals surface area (Å²) in [4.78, 5) is 13.8. The fourth-order valence-corrected chi connectivity index (χ4v) is 2.06. The molecule has 0 saturated carbocycles. The van der Waals surface area contributed by atoms with E-state index in [9.17, 15) is 4.79 Å². The number of carbonyl (C=O) groups excluding carboxylic acids is 1. The Kier molecular flexibility index (Phi) is 7.79. The van der Waals surface area contributed by atoms with Crippen molar-refractivity contribution < 1.29 is 9.53 Å². The summed E-state index contributed by atoms with van der Waals surface area (Å²) in [5.74, 6) is 0. The molecule has 1 aromatic carbocycles. The van der Waals surface area contributed by atoms with Crippen LogP contribution in [-0.2, 0) is 4.74 Å². The van der Waals surface area contributed by atoms with Gasteiger partial charge in [-0.2, -0.15) is 0 Å². The molecule has 0 heterocycles. The van der Waals surface area contributed by atoms with E-state index in [0.717, 1.165) is 6.42 Å². The first-order valence-electron chi connectivity index (χ1n) is 7.28. The Bertz CT molecular complexity index is 418. The summed E-state index contributed by atoms with van der Waals surface area (Å²) in [7, 11) is 5.69. The number of urea groups is 1. The molecule has 0 aliphatic heterocycles. The summed E-state index contributed by atoms with van der Waals surface area (Å²) in [6.07, 6.45) is 0.818. The largest absolute Gasteiger partial charge is 0.385 e. The van der Waals surface area contributed by atoms with Gasteiger partial charge in [-0.3, -0.25) is 0 Å². The molecule has 0 spiro atoms. The number of amides is 2. The van der Waals surface area contributed by atoms with Crippen molar-refractivity contribution in [2.24, 2.45) is 0 Å². The van der Waals surface area contributed by atoms with Crippen molar-refractivity contribution in [1.82, 2.24) is 15.5 Å². The summed E-state index contributed by atoms with van der Waals surface area (Å²) in [6, 6.07) is 8.43. The second kappa shape index (κ2) is 9.37. The molecule has 2 amide bonds. The summed E-state index contributed by atoms with van der Waals surface area (Å²) in [5.41, 5.74) is 2.44. The number of methoxy groups -OCH3 is 1. The molecule has 0 fully saturated rings. The van der Waals surface area contributed by atoms with Crippen LogP contribution in [0.2, 0.25) is 0 Å². The standard InChI is InChI=1S/C16H27N3O2/c1-13-6-8-14(9-7-13)15(19(2)3)12-18-16(20)17-10-5-11-21-4/h6-9,15H,5,10-12H2,1-4H3,(H2,17,18,20)/t15-/m0/s1. The van der Waals surface area contributed by atoms with Crippen molar-refractivity contribution in [2.75, 3.05) is 40.9 Å². The summed E-state index contributed by atoms with van der Waals surface area (Å²) >= 11 is 0. The normalized spacial score (nSPS) is 12.2. The van der Waals surface area contributed by atoms with Gasteiger partial charge in [0.2, 0.25) is 0 Å². The number of aryl methyl sites for hydroxylation is 1. The molecule has 1 rings (SSSR count). The third kappa shape index (κ3) is 6.60. The molecule has 5 nitrogen and oxygen atoms in total. The predicted molar refractivity (Wildman–Crippen MR) is 85.5 cm³/mol. The van der Waals surface area contributed by atoms with Crippen LogP contribution in [0.15, 0.2) is 24.3 Å². The van der Waals surface area contributed by atoms with E-state index in [1.165, 1.54) is 11.1 Å². The van der Waals surface area contributed by atoms with Gasteiger partial charge in [-0.25, -0.2) is 4.79 Å². The minimum absolute atomic E-state index is 0.134. The van der Waals surface area contributed by atoms with Gasteiger partial charge in [0.25, 0.3) is 0 Å². The highest BCUT2D eigenvalue weighted by atomic mass is 16.5. The lowest BCUT2D eigenvalue weighted by molar-refractivity contribution is 0.193. The quantitative estimate of drug-likeness (QED) is 0.720. The van der Waals surface area contributed by atoms with Crippen LogP contribution in [-0.4, -0.2) is 51.8 Å². The molecule has 0 aliphatic carbocycles. The molecule has 0 radical (unpaired) electrons. The number of hydrogen-bond acceptors (Lipinski definition) is 3. The van der Waals surface area contributed by atoms with Gasteiger partial charge in [-0.05, 0) is 33.0 Å². The van der Waals surface area contributed by atoms with E-state index in [0.29, 0.717) is 19.7 Å². The van der Waals surface area contributed by atoms with Crippen LogP contribution in [0.5, 0.6) is 0 Å². The highest BCUT2D eigenvalue weighted by Crippen LogP contribution is 2.17. The summed E-state index contributed by atoms with van der Waals surface area (Å²) in [6.45, 7) is 3.92. The van der Waals surface area contributed by atoms with Crippen molar-refractivity contribution in [1.29, 1.82) is 0 Å². The molecular formula is C16H27N3O2. The van der Waals surface area contributed by atoms with Gasteiger partial charge < -0.3 is 20.3 Å². The first-order chi connectivity index (χ1) is 10.0. The second-order valence-electron chi connectivity index (χ2n) is 5.37. The van der Waals surface area contributed by atoms with E-state index >= 15 is 0 Å². The minimum Gasteiger partial charge on any atom is -0.385 e. The number of hydrogen-bond donors (Lipinski definition) is 2. The third-order valence-electron chi connectivity index (χ3n) is 3.35. The van der Waals surface area contributed by atoms with Crippen molar-refractivity contribution in [3.63, 3.8) is 0 Å². The van der Waals surface area contributed by atoms with Crippen LogP contribution in [0.4, 0.5) is 4.79 Å². The number of rotatable bonds is 8. The van der Waals surface area contributed by atoms with Crippen molar-refractivity contribution in [3.05, 3.63) is 35.4 Å². The molecule has 118 valence electrons. The maximum atomic E-state index is 11.7. The van der Waals surface area contributed by atoms with Crippen LogP contribution >= 0.6 is 0 Å². The van der Waals surface area contributed by atoms with E-state index in [1.807, 2.05) is 14.1 Å². The lowest BCUT2D eigenvalue weighted by Crippen LogP contribution is -2.41. The smallest absolute Gasteiger partial charge is 0.314 e. The van der Waals surface area contributed by atoms with Crippen molar-refractivity contribution in [2.45, 2.75) is 19.4 Å². The van der Waals surface area contributed by atoms with Crippen molar-refractivity contribution in [3.8, 4) is 0 Å². The third-order valence-corrected chi connectivity index (χ3v) is 3.35. The lowest BCUT2D eigenvalue weighted by atomic mass is 10.0. The monoisotopic (exact) mass is 293 g/mol. The fourth-order valence-electron chi connectivity index (χ4n) is 2.06. The Morgan fingerprint density at radius 1 is 1.24 bits per heavy atom. The van der Waals surface area contributed by atoms with Gasteiger partial charge in [-0.1, -0.05) is 29.8 Å². The molecular weight excluding hydrogens is 266 g/mol. The molecule has 0 saturated heterocycles. The molecule has 2 N–H and O–H groups in total. The number of nitrogens with one attached hydrogen (secondary N) is 2. The molecule has 0 bridgehead atoms. The van der Waals surface area contributed by atoms with E-state index in [-0.39, 0.29) is 12.1 Å². The zero-order valence-corrected chi connectivity index (χ0v) is 13.5. The van der Waals surface area contributed by atoms with Crippen molar-refractivity contribution >= 4 is 6.03 Å². The van der Waals surface area contributed by atoms with E-state index in [1.54, 1.807) is 7.11 Å². The Labute approximate surface area is 127 Å². The number of benzene rings is 1. The van der Waals surface area contributed by atoms with E-state index < -0.39 is 0 Å². The fraction of sp³-hybridized carbons (Fsp3) is 0.562. The van der Waals surface area contributed by atoms with E-state index in [2.05, 4.69) is 46.7 Å². The Balaban J connectivity index is 2.44. The van der Waals surface area contributed by atoms with Gasteiger partial charge >= 0.3 is 6.03 Å². The molecule has 21 heavy (non-hydrogen) atoms. The predicted octanol–water partition coefficient (Wildman–Crippen LogP) is 1.93. The highest BCUT2D eigenvalue weighted by Gasteiger charge is 2.14. The highest BCUT2D eigenvalue weighted by molar-refractivity contribution is 5.73. The minimum atomic E-state index is -0.134. The van der Waals surface area contributed by atoms with Gasteiger partial charge in [0.05, 0.1) is 6.04 Å². The summed E-state index contributed by atoms with van der Waals surface area (Å²) in [5, 5.41) is 5.75. The van der Waals surface area contributed by atoms with Gasteiger partial charge in [0, 0.05) is 26.8 Å². The van der Waals surface area contributed by atoms with Crippen LogP contribution in [0.3, 0.4) is 0 Å². The van der Waals surface area contributed by atoms with Crippen LogP contribution in [0.25, 0.3) is 0 Å². The molecule has 0 unspecified atom stereocenters. The Morgan fingerprint density at radius 2 is 1.90 bits per heavy atom. The van der Waals surface area contributed by atoms with Crippen LogP contribution < -0.4 is 10.6 Å². The first kappa shape index (κ1) is 17.5. The van der Waals surface area contributed by atoms with Gasteiger partial charge in [-0.15, -0.1) is 0 Å². The van der Waals surface area contributed by atoms with Gasteiger partial charge in [0.1, 0.15) is 0 Å². The first-order valence-corrected chi connectivity index (χ1v) is 7.28. The average Bonchev–Trinajstić information content (AvgIpc) is 2.45. The Morgan fingerprint density at radius 3 is 2.48 bits per heavy atom. The number of carbonyl (C=O) groups is 1. The van der Waals surface area contributed by atoms with Crippen LogP contribution in [0, 0.1) is 6.92 Å². The molecule has 1 atom stereocenters. The zero-order valence-electron chi connectivity index (χ0n) is 13.5. The molecule has 1 aromatic rings. The SMILES string of the molecule is COCCCNC(=O)NC[C@@H](c1ccc(C)cc1)N(C)C. The average molecular weight is 293 g/mol.